The Morgan fingerprint density at radius 3 is 2.32 bits per heavy atom. The Morgan fingerprint density at radius 1 is 1.00 bits per heavy atom. The van der Waals surface area contributed by atoms with Crippen LogP contribution in [0.1, 0.15) is 46.6 Å². The highest BCUT2D eigenvalue weighted by Crippen LogP contribution is 2.32. The van der Waals surface area contributed by atoms with Gasteiger partial charge >= 0.3 is 0 Å². The third kappa shape index (κ3) is 5.37. The molecular formula is C27H32N4O3. The van der Waals surface area contributed by atoms with Crippen molar-refractivity contribution < 1.29 is 9.72 Å². The van der Waals surface area contributed by atoms with Crippen LogP contribution >= 0.6 is 0 Å². The van der Waals surface area contributed by atoms with Crippen LogP contribution in [0.2, 0.25) is 0 Å². The molecule has 1 aliphatic heterocycles. The SMILES string of the molecule is Cc1[nH]c(C)c(-c2ccc([N+](=O)[O-])cc2)c1C(=O)N(CCN1CCCCC1)Cc1ccccc1. The van der Waals surface area contributed by atoms with E-state index < -0.39 is 4.92 Å². The number of aryl methyl sites for hydroxylation is 2. The van der Waals surface area contributed by atoms with Gasteiger partial charge in [0.1, 0.15) is 0 Å². The number of piperidine rings is 1. The number of likely N-dealkylation sites (tertiary alicyclic amines) is 1. The summed E-state index contributed by atoms with van der Waals surface area (Å²) >= 11 is 0. The molecule has 2 heterocycles. The van der Waals surface area contributed by atoms with Crippen LogP contribution in [0.3, 0.4) is 0 Å². The van der Waals surface area contributed by atoms with Crippen molar-refractivity contribution in [2.24, 2.45) is 0 Å². The Hall–Kier alpha value is -3.45. The van der Waals surface area contributed by atoms with Crippen LogP contribution in [0.4, 0.5) is 5.69 Å². The van der Waals surface area contributed by atoms with Gasteiger partial charge in [0.05, 0.1) is 10.5 Å². The third-order valence-corrected chi connectivity index (χ3v) is 6.59. The normalized spacial score (nSPS) is 14.2. The number of nitro benzene ring substituents is 1. The molecule has 1 aliphatic rings. The van der Waals surface area contributed by atoms with E-state index in [1.165, 1.54) is 31.4 Å². The number of carbonyl (C=O) groups excluding carboxylic acids is 1. The second-order valence-electron chi connectivity index (χ2n) is 9.04. The molecule has 0 saturated carbocycles. The summed E-state index contributed by atoms with van der Waals surface area (Å²) in [5, 5.41) is 11.1. The molecular weight excluding hydrogens is 428 g/mol. The van der Waals surface area contributed by atoms with Gasteiger partial charge in [0.15, 0.2) is 0 Å². The van der Waals surface area contributed by atoms with Gasteiger partial charge in [-0.25, -0.2) is 0 Å². The van der Waals surface area contributed by atoms with E-state index in [-0.39, 0.29) is 11.6 Å². The highest BCUT2D eigenvalue weighted by Gasteiger charge is 2.26. The molecule has 1 N–H and O–H groups in total. The van der Waals surface area contributed by atoms with E-state index in [2.05, 4.69) is 9.88 Å². The Bertz CT molecular complexity index is 1130. The molecule has 1 fully saturated rings. The van der Waals surface area contributed by atoms with Crippen molar-refractivity contribution in [2.45, 2.75) is 39.7 Å². The van der Waals surface area contributed by atoms with Gasteiger partial charge in [0.2, 0.25) is 0 Å². The monoisotopic (exact) mass is 460 g/mol. The molecule has 1 amide bonds. The molecule has 178 valence electrons. The lowest BCUT2D eigenvalue weighted by molar-refractivity contribution is -0.384. The van der Waals surface area contributed by atoms with Crippen molar-refractivity contribution in [3.8, 4) is 11.1 Å². The number of amides is 1. The molecule has 0 radical (unpaired) electrons. The van der Waals surface area contributed by atoms with Crippen molar-refractivity contribution in [3.63, 3.8) is 0 Å². The Labute approximate surface area is 200 Å². The number of benzene rings is 2. The number of H-pyrrole nitrogens is 1. The third-order valence-electron chi connectivity index (χ3n) is 6.59. The summed E-state index contributed by atoms with van der Waals surface area (Å²) in [7, 11) is 0. The number of nitro groups is 1. The molecule has 1 saturated heterocycles. The van der Waals surface area contributed by atoms with Crippen molar-refractivity contribution in [2.75, 3.05) is 26.2 Å². The molecule has 0 aliphatic carbocycles. The molecule has 0 bridgehead atoms. The van der Waals surface area contributed by atoms with Gasteiger partial charge < -0.3 is 14.8 Å². The molecule has 3 aromatic rings. The van der Waals surface area contributed by atoms with E-state index in [0.29, 0.717) is 18.7 Å². The van der Waals surface area contributed by atoms with Crippen molar-refractivity contribution in [1.82, 2.24) is 14.8 Å². The molecule has 4 rings (SSSR count). The topological polar surface area (TPSA) is 82.5 Å². The highest BCUT2D eigenvalue weighted by molar-refractivity contribution is 6.03. The summed E-state index contributed by atoms with van der Waals surface area (Å²) in [5.74, 6) is -0.0175. The predicted molar refractivity (Wildman–Crippen MR) is 134 cm³/mol. The van der Waals surface area contributed by atoms with Crippen LogP contribution < -0.4 is 0 Å². The van der Waals surface area contributed by atoms with Crippen LogP contribution in [0.25, 0.3) is 11.1 Å². The Kier molecular flexibility index (Phi) is 7.43. The van der Waals surface area contributed by atoms with E-state index in [4.69, 9.17) is 0 Å². The first kappa shape index (κ1) is 23.7. The minimum absolute atomic E-state index is 0.0175. The minimum atomic E-state index is -0.409. The first-order valence-electron chi connectivity index (χ1n) is 11.9. The maximum Gasteiger partial charge on any atom is 0.269 e. The first-order valence-corrected chi connectivity index (χ1v) is 11.9. The number of hydrogen-bond donors (Lipinski definition) is 1. The van der Waals surface area contributed by atoms with Gasteiger partial charge in [-0.05, 0) is 63.0 Å². The molecule has 2 aromatic carbocycles. The summed E-state index contributed by atoms with van der Waals surface area (Å²) in [4.78, 5) is 32.4. The van der Waals surface area contributed by atoms with Crippen LogP contribution in [-0.2, 0) is 6.54 Å². The lowest BCUT2D eigenvalue weighted by Gasteiger charge is -2.30. The van der Waals surface area contributed by atoms with Crippen LogP contribution in [0.5, 0.6) is 0 Å². The molecule has 7 heteroatoms. The summed E-state index contributed by atoms with van der Waals surface area (Å²) in [6, 6.07) is 16.5. The van der Waals surface area contributed by atoms with Crippen LogP contribution in [0.15, 0.2) is 54.6 Å². The van der Waals surface area contributed by atoms with E-state index in [9.17, 15) is 14.9 Å². The van der Waals surface area contributed by atoms with Crippen molar-refractivity contribution >= 4 is 11.6 Å². The van der Waals surface area contributed by atoms with E-state index in [1.807, 2.05) is 49.1 Å². The van der Waals surface area contributed by atoms with Crippen molar-refractivity contribution in [1.29, 1.82) is 0 Å². The number of aromatic amines is 1. The fourth-order valence-electron chi connectivity index (χ4n) is 4.82. The van der Waals surface area contributed by atoms with Gasteiger partial charge in [-0.1, -0.05) is 36.8 Å². The summed E-state index contributed by atoms with van der Waals surface area (Å²) < 4.78 is 0. The molecule has 1 aromatic heterocycles. The smallest absolute Gasteiger partial charge is 0.269 e. The van der Waals surface area contributed by atoms with E-state index >= 15 is 0 Å². The summed E-state index contributed by atoms with van der Waals surface area (Å²) in [5.41, 5.74) is 5.07. The fourth-order valence-corrected chi connectivity index (χ4v) is 4.82. The Balaban J connectivity index is 1.65. The second-order valence-corrected chi connectivity index (χ2v) is 9.04. The highest BCUT2D eigenvalue weighted by atomic mass is 16.6. The lowest BCUT2D eigenvalue weighted by Crippen LogP contribution is -2.40. The maximum atomic E-state index is 14.0. The number of hydrogen-bond acceptors (Lipinski definition) is 4. The molecule has 34 heavy (non-hydrogen) atoms. The van der Waals surface area contributed by atoms with Gasteiger partial charge in [-0.15, -0.1) is 0 Å². The molecule has 0 unspecified atom stereocenters. The quantitative estimate of drug-likeness (QED) is 0.364. The van der Waals surface area contributed by atoms with Crippen LogP contribution in [0, 0.1) is 24.0 Å². The average Bonchev–Trinajstić information content (AvgIpc) is 3.16. The van der Waals surface area contributed by atoms with Gasteiger partial charge in [-0.2, -0.15) is 0 Å². The number of aromatic nitrogens is 1. The van der Waals surface area contributed by atoms with E-state index in [0.717, 1.165) is 47.7 Å². The van der Waals surface area contributed by atoms with E-state index in [1.54, 1.807) is 12.1 Å². The van der Waals surface area contributed by atoms with Gasteiger partial charge in [0, 0.05) is 48.7 Å². The zero-order valence-electron chi connectivity index (χ0n) is 19.9. The zero-order valence-corrected chi connectivity index (χ0v) is 19.9. The second kappa shape index (κ2) is 10.7. The van der Waals surface area contributed by atoms with Gasteiger partial charge in [0.25, 0.3) is 11.6 Å². The number of carbonyl (C=O) groups is 1. The predicted octanol–water partition coefficient (Wildman–Crippen LogP) is 5.34. The Morgan fingerprint density at radius 2 is 1.68 bits per heavy atom. The number of nitrogens with zero attached hydrogens (tertiary/aromatic N) is 3. The van der Waals surface area contributed by atoms with Crippen molar-refractivity contribution in [3.05, 3.63) is 87.2 Å². The largest absolute Gasteiger partial charge is 0.362 e. The standard InChI is InChI=1S/C27H32N4O3/c1-20-25(23-11-13-24(14-12-23)31(33)34)26(21(2)28-20)27(32)30(19-22-9-5-3-6-10-22)18-17-29-15-7-4-8-16-29/h3,5-6,9-14,28H,4,7-8,15-19H2,1-2H3. The lowest BCUT2D eigenvalue weighted by atomic mass is 9.99. The van der Waals surface area contributed by atoms with Crippen LogP contribution in [-0.4, -0.2) is 51.8 Å². The fraction of sp³-hybridized carbons (Fsp3) is 0.370. The first-order chi connectivity index (χ1) is 16.4. The number of non-ortho nitro benzene ring substituents is 1. The van der Waals surface area contributed by atoms with Gasteiger partial charge in [-0.3, -0.25) is 14.9 Å². The number of nitrogens with one attached hydrogen (secondary N) is 1. The minimum Gasteiger partial charge on any atom is -0.362 e. The average molecular weight is 461 g/mol. The summed E-state index contributed by atoms with van der Waals surface area (Å²) in [6.45, 7) is 8.07. The molecule has 0 atom stereocenters. The number of rotatable bonds is 8. The molecule has 7 nitrogen and oxygen atoms in total. The maximum absolute atomic E-state index is 14.0. The zero-order chi connectivity index (χ0) is 24.1. The molecule has 0 spiro atoms. The summed E-state index contributed by atoms with van der Waals surface area (Å²) in [6.07, 6.45) is 3.71.